The molecule has 1 aliphatic heterocycles. The van der Waals surface area contributed by atoms with Crippen LogP contribution in [0.5, 0.6) is 0 Å². The number of fused-ring (bicyclic) bond motifs is 1. The predicted octanol–water partition coefficient (Wildman–Crippen LogP) is 1.87. The van der Waals surface area contributed by atoms with Gasteiger partial charge in [0.15, 0.2) is 0 Å². The van der Waals surface area contributed by atoms with Crippen LogP contribution in [0.2, 0.25) is 0 Å². The molecule has 15 heavy (non-hydrogen) atoms. The molecule has 0 saturated carbocycles. The van der Waals surface area contributed by atoms with E-state index in [-0.39, 0.29) is 17.2 Å². The molecule has 2 rings (SSSR count). The van der Waals surface area contributed by atoms with Gasteiger partial charge in [-0.05, 0) is 17.0 Å². The lowest BCUT2D eigenvalue weighted by Gasteiger charge is -2.21. The standard InChI is InChI=1S/C12H13NO2/c1-12(2,3)8-6-4-5-7-9(8)11(15)13-10(7)14/h4-6H,1-3H3,(H,13,14,15). The quantitative estimate of drug-likeness (QED) is 0.654. The van der Waals surface area contributed by atoms with E-state index >= 15 is 0 Å². The van der Waals surface area contributed by atoms with Crippen LogP contribution in [0.15, 0.2) is 18.2 Å². The SMILES string of the molecule is CC(C)(C)c1cccc2c1C(=O)NC2=O. The smallest absolute Gasteiger partial charge is 0.259 e. The Bertz CT molecular complexity index is 455. The minimum Gasteiger partial charge on any atom is -0.288 e. The van der Waals surface area contributed by atoms with Gasteiger partial charge in [-0.25, -0.2) is 0 Å². The van der Waals surface area contributed by atoms with Crippen molar-refractivity contribution in [3.05, 3.63) is 34.9 Å². The zero-order valence-electron chi connectivity index (χ0n) is 9.05. The van der Waals surface area contributed by atoms with E-state index in [9.17, 15) is 9.59 Å². The fraction of sp³-hybridized carbons (Fsp3) is 0.333. The lowest BCUT2D eigenvalue weighted by Crippen LogP contribution is -2.22. The Morgan fingerprint density at radius 1 is 1.07 bits per heavy atom. The number of hydrogen-bond donors (Lipinski definition) is 1. The van der Waals surface area contributed by atoms with Crippen molar-refractivity contribution in [3.63, 3.8) is 0 Å². The predicted molar refractivity (Wildman–Crippen MR) is 56.9 cm³/mol. The number of benzene rings is 1. The van der Waals surface area contributed by atoms with Crippen molar-refractivity contribution in [1.29, 1.82) is 0 Å². The van der Waals surface area contributed by atoms with Crippen molar-refractivity contribution < 1.29 is 9.59 Å². The topological polar surface area (TPSA) is 46.2 Å². The highest BCUT2D eigenvalue weighted by Crippen LogP contribution is 2.30. The number of rotatable bonds is 0. The molecule has 3 nitrogen and oxygen atoms in total. The second-order valence-electron chi connectivity index (χ2n) is 4.76. The molecule has 0 radical (unpaired) electrons. The first kappa shape index (κ1) is 9.90. The molecule has 0 fully saturated rings. The Hall–Kier alpha value is -1.64. The fourth-order valence-corrected chi connectivity index (χ4v) is 1.84. The van der Waals surface area contributed by atoms with Crippen LogP contribution in [0.25, 0.3) is 0 Å². The van der Waals surface area contributed by atoms with Gasteiger partial charge in [0.2, 0.25) is 0 Å². The van der Waals surface area contributed by atoms with Gasteiger partial charge in [-0.3, -0.25) is 14.9 Å². The molecule has 1 aliphatic rings. The third-order valence-corrected chi connectivity index (χ3v) is 2.57. The van der Waals surface area contributed by atoms with E-state index in [1.165, 1.54) is 0 Å². The summed E-state index contributed by atoms with van der Waals surface area (Å²) in [4.78, 5) is 23.0. The van der Waals surface area contributed by atoms with Crippen molar-refractivity contribution in [3.8, 4) is 0 Å². The maximum Gasteiger partial charge on any atom is 0.259 e. The zero-order valence-corrected chi connectivity index (χ0v) is 9.05. The molecule has 1 heterocycles. The van der Waals surface area contributed by atoms with Crippen molar-refractivity contribution in [2.24, 2.45) is 0 Å². The first-order chi connectivity index (χ1) is 6.91. The molecule has 0 spiro atoms. The highest BCUT2D eigenvalue weighted by atomic mass is 16.2. The number of carbonyl (C=O) groups is 2. The average Bonchev–Trinajstić information content (AvgIpc) is 2.41. The summed E-state index contributed by atoms with van der Waals surface area (Å²) in [6, 6.07) is 5.40. The molecule has 0 unspecified atom stereocenters. The molecule has 0 aromatic heterocycles. The minimum absolute atomic E-state index is 0.132. The molecule has 3 heteroatoms. The Labute approximate surface area is 88.5 Å². The lowest BCUT2D eigenvalue weighted by atomic mass is 9.82. The molecule has 0 bridgehead atoms. The maximum absolute atomic E-state index is 11.6. The van der Waals surface area contributed by atoms with Gasteiger partial charge in [0.1, 0.15) is 0 Å². The number of carbonyl (C=O) groups excluding carboxylic acids is 2. The lowest BCUT2D eigenvalue weighted by molar-refractivity contribution is 0.0879. The normalized spacial score (nSPS) is 15.1. The molecule has 1 aromatic rings. The average molecular weight is 203 g/mol. The number of hydrogen-bond acceptors (Lipinski definition) is 2. The van der Waals surface area contributed by atoms with Crippen LogP contribution in [0.4, 0.5) is 0 Å². The summed E-state index contributed by atoms with van der Waals surface area (Å²) in [5, 5.41) is 2.32. The molecular weight excluding hydrogens is 190 g/mol. The molecule has 1 N–H and O–H groups in total. The molecule has 78 valence electrons. The number of nitrogens with one attached hydrogen (secondary N) is 1. The first-order valence-electron chi connectivity index (χ1n) is 4.90. The first-order valence-corrected chi connectivity index (χ1v) is 4.90. The van der Waals surface area contributed by atoms with Gasteiger partial charge in [0.25, 0.3) is 11.8 Å². The van der Waals surface area contributed by atoms with Gasteiger partial charge in [-0.1, -0.05) is 32.9 Å². The third kappa shape index (κ3) is 1.44. The maximum atomic E-state index is 11.6. The fourth-order valence-electron chi connectivity index (χ4n) is 1.84. The third-order valence-electron chi connectivity index (χ3n) is 2.57. The summed E-state index contributed by atoms with van der Waals surface area (Å²) in [7, 11) is 0. The summed E-state index contributed by atoms with van der Waals surface area (Å²) < 4.78 is 0. The molecule has 0 aliphatic carbocycles. The Balaban J connectivity index is 2.71. The van der Waals surface area contributed by atoms with E-state index in [1.807, 2.05) is 32.9 Å². The Morgan fingerprint density at radius 3 is 2.33 bits per heavy atom. The van der Waals surface area contributed by atoms with E-state index in [2.05, 4.69) is 5.32 Å². The molecule has 2 amide bonds. The second kappa shape index (κ2) is 2.92. The largest absolute Gasteiger partial charge is 0.288 e. The van der Waals surface area contributed by atoms with Crippen LogP contribution in [-0.4, -0.2) is 11.8 Å². The van der Waals surface area contributed by atoms with Crippen molar-refractivity contribution >= 4 is 11.8 Å². The van der Waals surface area contributed by atoms with E-state index < -0.39 is 0 Å². The monoisotopic (exact) mass is 203 g/mol. The van der Waals surface area contributed by atoms with E-state index in [0.717, 1.165) is 5.56 Å². The molecule has 0 atom stereocenters. The van der Waals surface area contributed by atoms with Crippen molar-refractivity contribution in [2.75, 3.05) is 0 Å². The summed E-state index contributed by atoms with van der Waals surface area (Å²) in [5.41, 5.74) is 1.82. The summed E-state index contributed by atoms with van der Waals surface area (Å²) in [6.07, 6.45) is 0. The zero-order chi connectivity index (χ0) is 11.2. The molecule has 1 aromatic carbocycles. The van der Waals surface area contributed by atoms with Crippen LogP contribution in [0.3, 0.4) is 0 Å². The van der Waals surface area contributed by atoms with Crippen LogP contribution in [-0.2, 0) is 5.41 Å². The van der Waals surface area contributed by atoms with Crippen LogP contribution < -0.4 is 5.32 Å². The van der Waals surface area contributed by atoms with Gasteiger partial charge in [-0.2, -0.15) is 0 Å². The van der Waals surface area contributed by atoms with Gasteiger partial charge < -0.3 is 0 Å². The molecule has 0 saturated heterocycles. The van der Waals surface area contributed by atoms with E-state index in [4.69, 9.17) is 0 Å². The number of imide groups is 1. The summed E-state index contributed by atoms with van der Waals surface area (Å²) in [6.45, 7) is 6.08. The highest BCUT2D eigenvalue weighted by Gasteiger charge is 2.32. The van der Waals surface area contributed by atoms with E-state index in [0.29, 0.717) is 11.1 Å². The molecular formula is C12H13NO2. The van der Waals surface area contributed by atoms with Crippen LogP contribution >= 0.6 is 0 Å². The minimum atomic E-state index is -0.291. The second-order valence-corrected chi connectivity index (χ2v) is 4.76. The van der Waals surface area contributed by atoms with Gasteiger partial charge in [0, 0.05) is 0 Å². The Morgan fingerprint density at radius 2 is 1.73 bits per heavy atom. The van der Waals surface area contributed by atoms with E-state index in [1.54, 1.807) is 6.07 Å². The highest BCUT2D eigenvalue weighted by molar-refractivity contribution is 6.22. The Kier molecular flexibility index (Phi) is 1.93. The number of amides is 2. The van der Waals surface area contributed by atoms with Crippen LogP contribution in [0, 0.1) is 0 Å². The summed E-state index contributed by atoms with van der Waals surface area (Å²) in [5.74, 6) is -0.568. The van der Waals surface area contributed by atoms with Crippen molar-refractivity contribution in [2.45, 2.75) is 26.2 Å². The summed E-state index contributed by atoms with van der Waals surface area (Å²) >= 11 is 0. The van der Waals surface area contributed by atoms with Gasteiger partial charge in [0.05, 0.1) is 11.1 Å². The van der Waals surface area contributed by atoms with Crippen LogP contribution in [0.1, 0.15) is 47.1 Å². The van der Waals surface area contributed by atoms with Gasteiger partial charge in [-0.15, -0.1) is 0 Å². The van der Waals surface area contributed by atoms with Crippen molar-refractivity contribution in [1.82, 2.24) is 5.32 Å². The van der Waals surface area contributed by atoms with Gasteiger partial charge >= 0.3 is 0 Å².